The van der Waals surface area contributed by atoms with Crippen molar-refractivity contribution in [1.82, 2.24) is 0 Å². The van der Waals surface area contributed by atoms with E-state index < -0.39 is 11.9 Å². The van der Waals surface area contributed by atoms with Gasteiger partial charge in [-0.2, -0.15) is 13.2 Å². The van der Waals surface area contributed by atoms with Gasteiger partial charge in [0.25, 0.3) is 0 Å². The van der Waals surface area contributed by atoms with Gasteiger partial charge in [-0.25, -0.2) is 0 Å². The molecule has 0 fully saturated rings. The molecule has 1 N–H and O–H groups in total. The molecule has 0 aliphatic heterocycles. The van der Waals surface area contributed by atoms with Crippen molar-refractivity contribution in [1.29, 1.82) is 5.41 Å². The van der Waals surface area contributed by atoms with Crippen molar-refractivity contribution in [3.63, 3.8) is 0 Å². The van der Waals surface area contributed by atoms with Crippen LogP contribution < -0.4 is 0 Å². The Morgan fingerprint density at radius 1 is 1.23 bits per heavy atom. The third kappa shape index (κ3) is 5.84. The summed E-state index contributed by atoms with van der Waals surface area (Å²) in [6, 6.07) is 0. The van der Waals surface area contributed by atoms with Crippen molar-refractivity contribution in [2.45, 2.75) is 13.1 Å². The molecule has 0 radical (unpaired) electrons. The fourth-order valence-electron chi connectivity index (χ4n) is 0.437. The predicted octanol–water partition coefficient (Wildman–Crippen LogP) is 2.27. The van der Waals surface area contributed by atoms with Gasteiger partial charge in [0.2, 0.25) is 0 Å². The van der Waals surface area contributed by atoms with Crippen molar-refractivity contribution in [3.8, 4) is 0 Å². The summed E-state index contributed by atoms with van der Waals surface area (Å²) in [6.07, 6.45) is -0.778. The Bertz CT molecular complexity index is 263. The first-order valence-electron chi connectivity index (χ1n) is 3.35. The van der Waals surface area contributed by atoms with Gasteiger partial charge in [0.05, 0.1) is 0 Å². The quantitative estimate of drug-likeness (QED) is 0.415. The SMILES string of the molecule is CC(=O)/C=C/C=C\C(=N)C(F)(F)F. The van der Waals surface area contributed by atoms with Crippen molar-refractivity contribution in [2.75, 3.05) is 0 Å². The number of allylic oxidation sites excluding steroid dienone is 4. The Morgan fingerprint density at radius 3 is 2.08 bits per heavy atom. The summed E-state index contributed by atoms with van der Waals surface area (Å²) in [4.78, 5) is 10.3. The molecule has 13 heavy (non-hydrogen) atoms. The van der Waals surface area contributed by atoms with E-state index in [0.29, 0.717) is 6.08 Å². The smallest absolute Gasteiger partial charge is 0.296 e. The topological polar surface area (TPSA) is 40.9 Å². The number of hydrogen-bond donors (Lipinski definition) is 1. The molecule has 72 valence electrons. The van der Waals surface area contributed by atoms with E-state index in [1.165, 1.54) is 6.92 Å². The van der Waals surface area contributed by atoms with Crippen LogP contribution in [0.4, 0.5) is 13.2 Å². The molecule has 0 amide bonds. The van der Waals surface area contributed by atoms with E-state index in [2.05, 4.69) is 0 Å². The van der Waals surface area contributed by atoms with Crippen LogP contribution in [-0.4, -0.2) is 17.7 Å². The molecule has 0 saturated heterocycles. The van der Waals surface area contributed by atoms with Crippen LogP contribution in [0.2, 0.25) is 0 Å². The largest absolute Gasteiger partial charge is 0.432 e. The molecule has 0 unspecified atom stereocenters. The molecule has 0 bridgehead atoms. The highest BCUT2D eigenvalue weighted by atomic mass is 19.4. The van der Waals surface area contributed by atoms with Crippen molar-refractivity contribution >= 4 is 11.5 Å². The number of carbonyl (C=O) groups excluding carboxylic acids is 1. The lowest BCUT2D eigenvalue weighted by Gasteiger charge is -2.01. The molecule has 0 aromatic rings. The van der Waals surface area contributed by atoms with Gasteiger partial charge < -0.3 is 0 Å². The minimum atomic E-state index is -4.62. The molecule has 0 aromatic heterocycles. The number of alkyl halides is 3. The normalized spacial score (nSPS) is 12.6. The van der Waals surface area contributed by atoms with Gasteiger partial charge in [-0.3, -0.25) is 10.2 Å². The summed E-state index contributed by atoms with van der Waals surface area (Å²) in [5.74, 6) is -0.261. The fourth-order valence-corrected chi connectivity index (χ4v) is 0.437. The molecule has 0 rings (SSSR count). The summed E-state index contributed by atoms with van der Waals surface area (Å²) in [5.41, 5.74) is -1.44. The van der Waals surface area contributed by atoms with Gasteiger partial charge in [0, 0.05) is 0 Å². The van der Waals surface area contributed by atoms with Crippen molar-refractivity contribution in [3.05, 3.63) is 24.3 Å². The van der Waals surface area contributed by atoms with Crippen molar-refractivity contribution in [2.24, 2.45) is 0 Å². The molecular formula is C8H8F3NO. The van der Waals surface area contributed by atoms with E-state index in [1.807, 2.05) is 0 Å². The average Bonchev–Trinajstić information content (AvgIpc) is 1.95. The summed E-state index contributed by atoms with van der Waals surface area (Å²) in [5, 5.41) is 6.50. The molecule has 5 heteroatoms. The fraction of sp³-hybridized carbons (Fsp3) is 0.250. The Morgan fingerprint density at radius 2 is 1.69 bits per heavy atom. The van der Waals surface area contributed by atoms with Crippen molar-refractivity contribution < 1.29 is 18.0 Å². The molecule has 0 saturated carbocycles. The van der Waals surface area contributed by atoms with Crippen LogP contribution in [0.5, 0.6) is 0 Å². The zero-order valence-corrected chi connectivity index (χ0v) is 6.85. The van der Waals surface area contributed by atoms with Crippen LogP contribution in [0.25, 0.3) is 0 Å². The minimum absolute atomic E-state index is 0.261. The van der Waals surface area contributed by atoms with Crippen LogP contribution in [0.15, 0.2) is 24.3 Å². The molecule has 0 aliphatic rings. The Balaban J connectivity index is 4.15. The molecule has 0 aromatic carbocycles. The predicted molar refractivity (Wildman–Crippen MR) is 42.7 cm³/mol. The number of halogens is 3. The summed E-state index contributed by atoms with van der Waals surface area (Å²) in [6.45, 7) is 1.28. The Labute approximate surface area is 73.3 Å². The highest BCUT2D eigenvalue weighted by molar-refractivity contribution is 5.97. The van der Waals surface area contributed by atoms with E-state index in [9.17, 15) is 18.0 Å². The van der Waals surface area contributed by atoms with E-state index in [1.54, 1.807) is 0 Å². The molecular weight excluding hydrogens is 183 g/mol. The zero-order chi connectivity index (χ0) is 10.5. The van der Waals surface area contributed by atoms with Gasteiger partial charge in [-0.1, -0.05) is 12.2 Å². The molecule has 0 heterocycles. The highest BCUT2D eigenvalue weighted by Crippen LogP contribution is 2.16. The second-order valence-electron chi connectivity index (χ2n) is 2.24. The number of ketones is 1. The average molecular weight is 191 g/mol. The monoisotopic (exact) mass is 191 g/mol. The first kappa shape index (κ1) is 11.6. The van der Waals surface area contributed by atoms with Gasteiger partial charge in [-0.15, -0.1) is 0 Å². The van der Waals surface area contributed by atoms with E-state index in [-0.39, 0.29) is 5.78 Å². The maximum Gasteiger partial charge on any atom is 0.432 e. The molecule has 0 spiro atoms. The maximum atomic E-state index is 11.7. The Kier molecular flexibility index (Phi) is 4.10. The van der Waals surface area contributed by atoms with E-state index in [0.717, 1.165) is 18.2 Å². The van der Waals surface area contributed by atoms with Gasteiger partial charge in [0.15, 0.2) is 5.78 Å². The molecule has 2 nitrogen and oxygen atoms in total. The number of nitrogens with one attached hydrogen (secondary N) is 1. The number of hydrogen-bond acceptors (Lipinski definition) is 2. The summed E-state index contributed by atoms with van der Waals surface area (Å²) >= 11 is 0. The Hall–Kier alpha value is -1.39. The first-order valence-corrected chi connectivity index (χ1v) is 3.35. The third-order valence-electron chi connectivity index (χ3n) is 1.01. The van der Waals surface area contributed by atoms with Gasteiger partial charge >= 0.3 is 6.18 Å². The zero-order valence-electron chi connectivity index (χ0n) is 6.85. The molecule has 0 aliphatic carbocycles. The minimum Gasteiger partial charge on any atom is -0.296 e. The standard InChI is InChI=1S/C8H8F3NO/c1-6(13)4-2-3-5-7(12)8(9,10)11/h2-5,12H,1H3/b4-2+,5-3-,12-7?. The van der Waals surface area contributed by atoms with Gasteiger partial charge in [0.1, 0.15) is 5.71 Å². The van der Waals surface area contributed by atoms with E-state index in [4.69, 9.17) is 5.41 Å². The van der Waals surface area contributed by atoms with Crippen LogP contribution in [0.3, 0.4) is 0 Å². The lowest BCUT2D eigenvalue weighted by molar-refractivity contribution is -0.112. The number of rotatable bonds is 3. The third-order valence-corrected chi connectivity index (χ3v) is 1.01. The lowest BCUT2D eigenvalue weighted by atomic mass is 10.3. The number of carbonyl (C=O) groups is 1. The molecule has 0 atom stereocenters. The van der Waals surface area contributed by atoms with Crippen LogP contribution in [0.1, 0.15) is 6.92 Å². The first-order chi connectivity index (χ1) is 5.84. The van der Waals surface area contributed by atoms with Crippen LogP contribution in [0, 0.1) is 5.41 Å². The second-order valence-corrected chi connectivity index (χ2v) is 2.24. The van der Waals surface area contributed by atoms with E-state index >= 15 is 0 Å². The maximum absolute atomic E-state index is 11.7. The van der Waals surface area contributed by atoms with Gasteiger partial charge in [-0.05, 0) is 19.1 Å². The second kappa shape index (κ2) is 4.59. The van der Waals surface area contributed by atoms with Crippen LogP contribution >= 0.6 is 0 Å². The highest BCUT2D eigenvalue weighted by Gasteiger charge is 2.31. The summed E-state index contributed by atoms with van der Waals surface area (Å²) in [7, 11) is 0. The lowest BCUT2D eigenvalue weighted by Crippen LogP contribution is -2.18. The summed E-state index contributed by atoms with van der Waals surface area (Å²) < 4.78 is 35.0. The van der Waals surface area contributed by atoms with Crippen LogP contribution in [-0.2, 0) is 4.79 Å².